The number of anilines is 1. The second-order valence-corrected chi connectivity index (χ2v) is 8.93. The molecule has 0 bridgehead atoms. The molecule has 1 saturated heterocycles. The number of aromatic nitrogens is 1. The molecule has 0 spiro atoms. The summed E-state index contributed by atoms with van der Waals surface area (Å²) in [5, 5.41) is 3.28. The van der Waals surface area contributed by atoms with Gasteiger partial charge in [0, 0.05) is 44.5 Å². The molecule has 174 valence electrons. The summed E-state index contributed by atoms with van der Waals surface area (Å²) in [7, 11) is 3.67. The van der Waals surface area contributed by atoms with Crippen molar-refractivity contribution in [3.63, 3.8) is 0 Å². The monoisotopic (exact) mass is 460 g/mol. The number of hydrogen-bond acceptors (Lipinski definition) is 6. The lowest BCUT2D eigenvalue weighted by Crippen LogP contribution is -2.44. The van der Waals surface area contributed by atoms with Crippen molar-refractivity contribution in [3.8, 4) is 11.5 Å². The van der Waals surface area contributed by atoms with Crippen molar-refractivity contribution in [2.45, 2.75) is 26.8 Å². The summed E-state index contributed by atoms with van der Waals surface area (Å²) in [6.45, 7) is 9.19. The van der Waals surface area contributed by atoms with Gasteiger partial charge in [-0.25, -0.2) is 4.98 Å². The summed E-state index contributed by atoms with van der Waals surface area (Å²) in [4.78, 5) is 21.9. The van der Waals surface area contributed by atoms with Crippen LogP contribution in [0.2, 0.25) is 5.02 Å². The number of nitrogens with zero attached hydrogens (tertiary/aromatic N) is 3. The Bertz CT molecular complexity index is 897. The third-order valence-corrected chi connectivity index (χ3v) is 5.80. The fourth-order valence-electron chi connectivity index (χ4n) is 3.42. The molecule has 1 aliphatic rings. The van der Waals surface area contributed by atoms with E-state index < -0.39 is 0 Å². The molecule has 1 aliphatic heterocycles. The summed E-state index contributed by atoms with van der Waals surface area (Å²) < 4.78 is 11.2. The zero-order valence-corrected chi connectivity index (χ0v) is 20.1. The van der Waals surface area contributed by atoms with Gasteiger partial charge in [-0.15, -0.1) is 0 Å². The molecule has 2 heterocycles. The van der Waals surface area contributed by atoms with E-state index >= 15 is 0 Å². The first kappa shape index (κ1) is 24.1. The normalized spacial score (nSPS) is 14.5. The van der Waals surface area contributed by atoms with E-state index in [2.05, 4.69) is 41.0 Å². The van der Waals surface area contributed by atoms with Gasteiger partial charge in [-0.1, -0.05) is 31.5 Å². The number of rotatable bonds is 9. The lowest BCUT2D eigenvalue weighted by Gasteiger charge is -2.33. The average molecular weight is 461 g/mol. The number of nitrogens with one attached hydrogen (secondary N) is 1. The Balaban J connectivity index is 1.59. The van der Waals surface area contributed by atoms with Gasteiger partial charge in [0.15, 0.2) is 11.5 Å². The van der Waals surface area contributed by atoms with E-state index in [-0.39, 0.29) is 5.91 Å². The van der Waals surface area contributed by atoms with Crippen molar-refractivity contribution in [1.29, 1.82) is 0 Å². The highest BCUT2D eigenvalue weighted by Crippen LogP contribution is 2.36. The van der Waals surface area contributed by atoms with Gasteiger partial charge in [0.1, 0.15) is 5.82 Å². The first-order valence-electron chi connectivity index (χ1n) is 11.0. The van der Waals surface area contributed by atoms with Crippen LogP contribution in [0.5, 0.6) is 11.5 Å². The number of carbonyl (C=O) groups excluding carboxylic acids is 1. The van der Waals surface area contributed by atoms with E-state index in [1.54, 1.807) is 12.1 Å². The molecule has 1 fully saturated rings. The Morgan fingerprint density at radius 1 is 1.22 bits per heavy atom. The van der Waals surface area contributed by atoms with Gasteiger partial charge in [0.05, 0.1) is 18.7 Å². The van der Waals surface area contributed by atoms with E-state index in [1.807, 2.05) is 18.3 Å². The molecule has 2 aromatic rings. The van der Waals surface area contributed by atoms with E-state index in [9.17, 15) is 4.79 Å². The molecule has 0 aliphatic carbocycles. The lowest BCUT2D eigenvalue weighted by molar-refractivity contribution is 0.0950. The second-order valence-electron chi connectivity index (χ2n) is 8.52. The number of methoxy groups -OCH3 is 1. The standard InChI is InChI=1S/C24H33ClN4O3/c1-17(2)7-12-32-23-20(25)13-19(14-21(23)31-4)24(30)27-16-18-5-6-22(26-15-18)29-10-8-28(3)9-11-29/h5-6,13-15,17H,7-12,16H2,1-4H3,(H,27,30). The molecule has 7 nitrogen and oxygen atoms in total. The molecular weight excluding hydrogens is 428 g/mol. The van der Waals surface area contributed by atoms with Crippen LogP contribution < -0.4 is 19.7 Å². The predicted octanol–water partition coefficient (Wildman–Crippen LogP) is 3.85. The molecule has 1 aromatic carbocycles. The van der Waals surface area contributed by atoms with Crippen LogP contribution >= 0.6 is 11.6 Å². The number of hydrogen-bond donors (Lipinski definition) is 1. The van der Waals surface area contributed by atoms with Crippen LogP contribution in [-0.2, 0) is 6.54 Å². The highest BCUT2D eigenvalue weighted by atomic mass is 35.5. The zero-order valence-electron chi connectivity index (χ0n) is 19.4. The van der Waals surface area contributed by atoms with E-state index in [4.69, 9.17) is 21.1 Å². The van der Waals surface area contributed by atoms with Crippen molar-refractivity contribution in [1.82, 2.24) is 15.2 Å². The fraction of sp³-hybridized carbons (Fsp3) is 0.500. The molecule has 0 unspecified atom stereocenters. The number of benzene rings is 1. The number of piperazine rings is 1. The van der Waals surface area contributed by atoms with Crippen molar-refractivity contribution in [2.24, 2.45) is 5.92 Å². The van der Waals surface area contributed by atoms with Crippen LogP contribution in [0, 0.1) is 5.92 Å². The first-order valence-corrected chi connectivity index (χ1v) is 11.4. The Morgan fingerprint density at radius 2 is 1.97 bits per heavy atom. The molecule has 1 N–H and O–H groups in total. The summed E-state index contributed by atoms with van der Waals surface area (Å²) in [6, 6.07) is 7.27. The minimum Gasteiger partial charge on any atom is -0.493 e. The molecule has 0 radical (unpaired) electrons. The predicted molar refractivity (Wildman–Crippen MR) is 128 cm³/mol. The van der Waals surface area contributed by atoms with Crippen molar-refractivity contribution in [2.75, 3.05) is 51.8 Å². The smallest absolute Gasteiger partial charge is 0.251 e. The van der Waals surface area contributed by atoms with E-state index in [0.717, 1.165) is 44.0 Å². The number of amides is 1. The van der Waals surface area contributed by atoms with Gasteiger partial charge in [-0.2, -0.15) is 0 Å². The highest BCUT2D eigenvalue weighted by molar-refractivity contribution is 6.32. The van der Waals surface area contributed by atoms with Gasteiger partial charge in [0.2, 0.25) is 0 Å². The van der Waals surface area contributed by atoms with Gasteiger partial charge in [0.25, 0.3) is 5.91 Å². The van der Waals surface area contributed by atoms with Crippen molar-refractivity contribution >= 4 is 23.3 Å². The van der Waals surface area contributed by atoms with Crippen LogP contribution in [0.1, 0.15) is 36.2 Å². The molecule has 32 heavy (non-hydrogen) atoms. The number of likely N-dealkylation sites (N-methyl/N-ethyl adjacent to an activating group) is 1. The number of carbonyl (C=O) groups is 1. The third-order valence-electron chi connectivity index (χ3n) is 5.52. The van der Waals surface area contributed by atoms with Crippen molar-refractivity contribution < 1.29 is 14.3 Å². The molecule has 1 aromatic heterocycles. The molecular formula is C24H33ClN4O3. The largest absolute Gasteiger partial charge is 0.493 e. The van der Waals surface area contributed by atoms with Crippen molar-refractivity contribution in [3.05, 3.63) is 46.6 Å². The summed E-state index contributed by atoms with van der Waals surface area (Å²) in [6.07, 6.45) is 2.72. The van der Waals surface area contributed by atoms with Crippen LogP contribution in [0.4, 0.5) is 5.82 Å². The molecule has 0 saturated carbocycles. The maximum atomic E-state index is 12.7. The van der Waals surface area contributed by atoms with Crippen LogP contribution in [-0.4, -0.2) is 62.7 Å². The second kappa shape index (κ2) is 11.4. The van der Waals surface area contributed by atoms with Gasteiger partial charge in [-0.3, -0.25) is 4.79 Å². The number of ether oxygens (including phenoxy) is 2. The highest BCUT2D eigenvalue weighted by Gasteiger charge is 2.17. The number of pyridine rings is 1. The Labute approximate surface area is 195 Å². The fourth-order valence-corrected chi connectivity index (χ4v) is 3.68. The first-order chi connectivity index (χ1) is 15.4. The molecule has 8 heteroatoms. The van der Waals surface area contributed by atoms with Crippen LogP contribution in [0.3, 0.4) is 0 Å². The minimum atomic E-state index is -0.234. The van der Waals surface area contributed by atoms with Gasteiger partial charge < -0.3 is 24.6 Å². The Kier molecular flexibility index (Phi) is 8.59. The maximum absolute atomic E-state index is 12.7. The minimum absolute atomic E-state index is 0.234. The van der Waals surface area contributed by atoms with Gasteiger partial charge in [-0.05, 0) is 43.1 Å². The van der Waals surface area contributed by atoms with E-state index in [0.29, 0.717) is 41.2 Å². The molecule has 1 amide bonds. The summed E-state index contributed by atoms with van der Waals surface area (Å²) in [5.41, 5.74) is 1.35. The SMILES string of the molecule is COc1cc(C(=O)NCc2ccc(N3CCN(C)CC3)nc2)cc(Cl)c1OCCC(C)C. The zero-order chi connectivity index (χ0) is 23.1. The van der Waals surface area contributed by atoms with Gasteiger partial charge >= 0.3 is 0 Å². The number of halogens is 1. The summed E-state index contributed by atoms with van der Waals surface area (Å²) >= 11 is 6.39. The van der Waals surface area contributed by atoms with Crippen LogP contribution in [0.15, 0.2) is 30.5 Å². The lowest BCUT2D eigenvalue weighted by atomic mass is 10.1. The topological polar surface area (TPSA) is 66.9 Å². The summed E-state index contributed by atoms with van der Waals surface area (Å²) in [5.74, 6) is 2.18. The Hall–Kier alpha value is -2.51. The quantitative estimate of drug-likeness (QED) is 0.613. The third kappa shape index (κ3) is 6.50. The molecule has 3 rings (SSSR count). The molecule has 0 atom stereocenters. The maximum Gasteiger partial charge on any atom is 0.251 e. The van der Waals surface area contributed by atoms with E-state index in [1.165, 1.54) is 7.11 Å². The average Bonchev–Trinajstić information content (AvgIpc) is 2.79. The van der Waals surface area contributed by atoms with Crippen LogP contribution in [0.25, 0.3) is 0 Å². The Morgan fingerprint density at radius 3 is 2.59 bits per heavy atom.